The molecule has 0 rings (SSSR count). The third-order valence-corrected chi connectivity index (χ3v) is 0. The zero-order valence-corrected chi connectivity index (χ0v) is 9.66. The van der Waals surface area contributed by atoms with Crippen LogP contribution in [0, 0.1) is 0 Å². The molecule has 0 aromatic rings. The summed E-state index contributed by atoms with van der Waals surface area (Å²) < 4.78 is 8.06. The fraction of sp³-hybridized carbons (Fsp3) is 0. The maximum atomic E-state index is 8.06. The number of hydrogen-bond acceptors (Lipinski definition) is 1. The van der Waals surface area contributed by atoms with Crippen molar-refractivity contribution in [1.82, 2.24) is 0 Å². The minimum Gasteiger partial charge on any atom is -0.381 e. The van der Waals surface area contributed by atoms with Crippen molar-refractivity contribution in [1.29, 1.82) is 0 Å². The summed E-state index contributed by atoms with van der Waals surface area (Å²) in [4.78, 5) is 0. The predicted octanol–water partition coefficient (Wildman–Crippen LogP) is -0.505. The summed E-state index contributed by atoms with van der Waals surface area (Å²) >= 11 is 0. The Hall–Kier alpha value is 1.63. The molecule has 0 N–H and O–H groups in total. The van der Waals surface area contributed by atoms with Crippen molar-refractivity contribution in [3.8, 4) is 0 Å². The standard InChI is InChI=1S/Hf.OSi.Ta/c;1-2;. The van der Waals surface area contributed by atoms with E-state index in [0.717, 1.165) is 0 Å². The van der Waals surface area contributed by atoms with Crippen LogP contribution < -0.4 is 0 Å². The van der Waals surface area contributed by atoms with E-state index >= 15 is 0 Å². The maximum Gasteiger partial charge on any atom is 0.381 e. The first kappa shape index (κ1) is 17.5. The van der Waals surface area contributed by atoms with E-state index in [-0.39, 0.29) is 48.2 Å². The molecule has 0 amide bonds. The summed E-state index contributed by atoms with van der Waals surface area (Å²) in [6, 6.07) is 0. The van der Waals surface area contributed by atoms with Gasteiger partial charge in [-0.15, -0.1) is 0 Å². The molecule has 0 saturated carbocycles. The predicted molar refractivity (Wildman–Crippen MR) is 6.44 cm³/mol. The van der Waals surface area contributed by atoms with Crippen LogP contribution in [0.3, 0.4) is 0 Å². The monoisotopic (exact) mass is 405 g/mol. The van der Waals surface area contributed by atoms with Crippen LogP contribution in [0.1, 0.15) is 0 Å². The van der Waals surface area contributed by atoms with Crippen molar-refractivity contribution < 1.29 is 52.7 Å². The van der Waals surface area contributed by atoms with Crippen LogP contribution in [-0.2, 0) is 52.7 Å². The molecule has 19 valence electrons. The molecular formula is HfOSiTa. The average molecular weight is 404 g/mol. The Kier molecular flexibility index (Phi) is 100. The zero-order valence-electron chi connectivity index (χ0n) is 1.86. The molecule has 1 nitrogen and oxygen atoms in total. The Morgan fingerprint density at radius 3 is 1.25 bits per heavy atom. The smallest absolute Gasteiger partial charge is 0.381 e. The molecule has 0 unspecified atom stereocenters. The third kappa shape index (κ3) is 9.46. The van der Waals surface area contributed by atoms with Gasteiger partial charge in [-0.1, -0.05) is 0 Å². The summed E-state index contributed by atoms with van der Waals surface area (Å²) in [5, 5.41) is 0. The van der Waals surface area contributed by atoms with Crippen LogP contribution in [-0.4, -0.2) is 10.1 Å². The van der Waals surface area contributed by atoms with Crippen LogP contribution in [0.25, 0.3) is 0 Å². The van der Waals surface area contributed by atoms with Crippen molar-refractivity contribution in [3.63, 3.8) is 0 Å². The second-order valence-corrected chi connectivity index (χ2v) is 0. The van der Waals surface area contributed by atoms with E-state index in [1.807, 2.05) is 0 Å². The molecule has 4 heavy (non-hydrogen) atoms. The van der Waals surface area contributed by atoms with E-state index in [1.54, 1.807) is 10.1 Å². The van der Waals surface area contributed by atoms with Gasteiger partial charge in [-0.05, 0) is 0 Å². The largest absolute Gasteiger partial charge is 0.381 e. The Balaban J connectivity index is -0.00000000500. The van der Waals surface area contributed by atoms with Crippen LogP contribution in [0.4, 0.5) is 0 Å². The summed E-state index contributed by atoms with van der Waals surface area (Å²) in [5.74, 6) is 0. The van der Waals surface area contributed by atoms with Gasteiger partial charge in [0.1, 0.15) is 0 Å². The molecule has 0 spiro atoms. The minimum absolute atomic E-state index is 0. The molecule has 0 bridgehead atoms. The van der Waals surface area contributed by atoms with Crippen LogP contribution in [0.2, 0.25) is 0 Å². The molecule has 0 aliphatic carbocycles. The van der Waals surface area contributed by atoms with Gasteiger partial charge in [0.25, 0.3) is 0 Å². The van der Waals surface area contributed by atoms with Gasteiger partial charge in [-0.2, -0.15) is 0 Å². The van der Waals surface area contributed by atoms with Crippen LogP contribution >= 0.6 is 0 Å². The van der Waals surface area contributed by atoms with E-state index in [4.69, 9.17) is 4.46 Å². The Labute approximate surface area is 62.3 Å². The second-order valence-electron chi connectivity index (χ2n) is 0. The molecular weight excluding hydrogens is 404 g/mol. The molecule has 0 aromatic heterocycles. The van der Waals surface area contributed by atoms with Gasteiger partial charge in [0.05, 0.1) is 0 Å². The topological polar surface area (TPSA) is 17.1 Å². The number of hydrogen-bond donors (Lipinski definition) is 0. The van der Waals surface area contributed by atoms with Gasteiger partial charge < -0.3 is 4.46 Å². The SMILES string of the molecule is O=[Si].[Hf].[Ta]. The van der Waals surface area contributed by atoms with Gasteiger partial charge in [0.15, 0.2) is 0 Å². The third-order valence-electron chi connectivity index (χ3n) is 0. The fourth-order valence-corrected chi connectivity index (χ4v) is 0. The van der Waals surface area contributed by atoms with Crippen molar-refractivity contribution in [2.24, 2.45) is 0 Å². The quantitative estimate of drug-likeness (QED) is 0.499. The minimum atomic E-state index is 0. The van der Waals surface area contributed by atoms with Crippen LogP contribution in [0.5, 0.6) is 0 Å². The number of rotatable bonds is 0. The van der Waals surface area contributed by atoms with Crippen LogP contribution in [0.15, 0.2) is 0 Å². The zero-order chi connectivity index (χ0) is 2.00. The molecule has 0 aromatic carbocycles. The van der Waals surface area contributed by atoms with Gasteiger partial charge in [0, 0.05) is 48.2 Å². The molecule has 0 heterocycles. The van der Waals surface area contributed by atoms with Crippen molar-refractivity contribution in [2.45, 2.75) is 0 Å². The van der Waals surface area contributed by atoms with Crippen molar-refractivity contribution >= 4 is 10.1 Å². The first-order valence-electron chi connectivity index (χ1n) is 0.204. The van der Waals surface area contributed by atoms with Gasteiger partial charge in [0.2, 0.25) is 0 Å². The molecule has 0 aliphatic heterocycles. The first-order valence-corrected chi connectivity index (χ1v) is 0.612. The van der Waals surface area contributed by atoms with E-state index in [1.165, 1.54) is 0 Å². The van der Waals surface area contributed by atoms with Gasteiger partial charge >= 0.3 is 10.1 Å². The molecule has 0 fully saturated rings. The van der Waals surface area contributed by atoms with Gasteiger partial charge in [-0.3, -0.25) is 0 Å². The van der Waals surface area contributed by atoms with E-state index < -0.39 is 0 Å². The fourth-order valence-electron chi connectivity index (χ4n) is 0. The summed E-state index contributed by atoms with van der Waals surface area (Å²) in [6.07, 6.45) is 0. The van der Waals surface area contributed by atoms with E-state index in [9.17, 15) is 0 Å². The molecule has 3 radical (unpaired) electrons. The molecule has 4 heteroatoms. The van der Waals surface area contributed by atoms with Crippen molar-refractivity contribution in [2.75, 3.05) is 0 Å². The Morgan fingerprint density at radius 1 is 1.25 bits per heavy atom. The summed E-state index contributed by atoms with van der Waals surface area (Å²) in [5.41, 5.74) is 0. The summed E-state index contributed by atoms with van der Waals surface area (Å²) in [7, 11) is 1.72. The molecule has 0 aliphatic rings. The normalized spacial score (nSPS) is 1.00. The Bertz CT molecular complexity index is 8.00. The van der Waals surface area contributed by atoms with E-state index in [0.29, 0.717) is 0 Å². The van der Waals surface area contributed by atoms with Crippen molar-refractivity contribution in [3.05, 3.63) is 0 Å². The maximum absolute atomic E-state index is 8.06. The first-order chi connectivity index (χ1) is 1.00. The van der Waals surface area contributed by atoms with Gasteiger partial charge in [-0.25, -0.2) is 0 Å². The second kappa shape index (κ2) is 23.0. The molecule has 0 atom stereocenters. The molecule has 0 saturated heterocycles. The Morgan fingerprint density at radius 2 is 1.25 bits per heavy atom. The summed E-state index contributed by atoms with van der Waals surface area (Å²) in [6.45, 7) is 0. The van der Waals surface area contributed by atoms with E-state index in [2.05, 4.69) is 0 Å². The average Bonchev–Trinajstić information content (AvgIpc) is 1.00.